The quantitative estimate of drug-likeness (QED) is 0.591. The van der Waals surface area contributed by atoms with Gasteiger partial charge in [0.05, 0.1) is 18.8 Å². The van der Waals surface area contributed by atoms with Gasteiger partial charge in [0.25, 0.3) is 0 Å². The normalized spacial score (nSPS) is 15.7. The van der Waals surface area contributed by atoms with Crippen LogP contribution < -0.4 is 0 Å². The van der Waals surface area contributed by atoms with Crippen molar-refractivity contribution in [3.63, 3.8) is 0 Å². The molecule has 0 aliphatic heterocycles. The predicted octanol–water partition coefficient (Wildman–Crippen LogP) is 1.59. The first kappa shape index (κ1) is 12.9. The van der Waals surface area contributed by atoms with Crippen molar-refractivity contribution in [3.8, 4) is 0 Å². The molecule has 0 amide bonds. The van der Waals surface area contributed by atoms with Gasteiger partial charge in [0.2, 0.25) is 0 Å². The van der Waals surface area contributed by atoms with Crippen molar-refractivity contribution in [2.24, 2.45) is 0 Å². The Kier molecular flexibility index (Phi) is 8.40. The molecule has 0 aromatic carbocycles. The molecule has 2 atom stereocenters. The van der Waals surface area contributed by atoms with Gasteiger partial charge in [-0.3, -0.25) is 0 Å². The molecule has 0 aliphatic carbocycles. The third-order valence-corrected chi connectivity index (χ3v) is 1.73. The molecule has 0 saturated carbocycles. The van der Waals surface area contributed by atoms with Crippen LogP contribution >= 0.6 is 0 Å². The highest BCUT2D eigenvalue weighted by atomic mass is 16.5. The molecule has 0 aromatic rings. The van der Waals surface area contributed by atoms with Crippen molar-refractivity contribution in [2.75, 3.05) is 19.8 Å². The van der Waals surface area contributed by atoms with E-state index in [9.17, 15) is 0 Å². The number of hydrogen-bond acceptors (Lipinski definition) is 3. The second-order valence-electron chi connectivity index (χ2n) is 3.33. The highest BCUT2D eigenvalue weighted by Crippen LogP contribution is 1.99. The second-order valence-corrected chi connectivity index (χ2v) is 3.33. The largest absolute Gasteiger partial charge is 0.393 e. The molecule has 0 saturated heterocycles. The summed E-state index contributed by atoms with van der Waals surface area (Å²) in [7, 11) is 0. The van der Waals surface area contributed by atoms with Crippen molar-refractivity contribution in [1.29, 1.82) is 0 Å². The summed E-state index contributed by atoms with van der Waals surface area (Å²) in [5.74, 6) is 0. The maximum atomic E-state index is 8.98. The summed E-state index contributed by atoms with van der Waals surface area (Å²) in [6.07, 6.45) is 1.66. The van der Waals surface area contributed by atoms with Crippen LogP contribution in [0.15, 0.2) is 0 Å². The van der Waals surface area contributed by atoms with E-state index in [4.69, 9.17) is 14.6 Å². The standard InChI is InChI=1S/C10H22O3/c1-4-12-8-10(3)13-7-5-6-9(2)11/h9-11H,4-8H2,1-3H3. The van der Waals surface area contributed by atoms with Crippen LogP contribution in [0.25, 0.3) is 0 Å². The summed E-state index contributed by atoms with van der Waals surface area (Å²) in [6, 6.07) is 0. The first-order valence-electron chi connectivity index (χ1n) is 5.04. The van der Waals surface area contributed by atoms with Gasteiger partial charge in [-0.25, -0.2) is 0 Å². The fourth-order valence-electron chi connectivity index (χ4n) is 0.995. The van der Waals surface area contributed by atoms with Crippen molar-refractivity contribution in [3.05, 3.63) is 0 Å². The number of aliphatic hydroxyl groups excluding tert-OH is 1. The molecule has 0 spiro atoms. The van der Waals surface area contributed by atoms with Crippen LogP contribution in [-0.4, -0.2) is 37.1 Å². The minimum atomic E-state index is -0.217. The smallest absolute Gasteiger partial charge is 0.0780 e. The van der Waals surface area contributed by atoms with E-state index < -0.39 is 0 Å². The van der Waals surface area contributed by atoms with E-state index in [1.54, 1.807) is 6.92 Å². The maximum Gasteiger partial charge on any atom is 0.0780 e. The van der Waals surface area contributed by atoms with Gasteiger partial charge in [0.1, 0.15) is 0 Å². The van der Waals surface area contributed by atoms with Gasteiger partial charge in [-0.05, 0) is 33.6 Å². The van der Waals surface area contributed by atoms with Crippen LogP contribution in [0.2, 0.25) is 0 Å². The Morgan fingerprint density at radius 3 is 2.54 bits per heavy atom. The van der Waals surface area contributed by atoms with Crippen LogP contribution in [0.4, 0.5) is 0 Å². The number of ether oxygens (including phenoxy) is 2. The van der Waals surface area contributed by atoms with E-state index in [1.807, 2.05) is 13.8 Å². The number of rotatable bonds is 8. The van der Waals surface area contributed by atoms with E-state index in [2.05, 4.69) is 0 Å². The van der Waals surface area contributed by atoms with Gasteiger partial charge in [-0.1, -0.05) is 0 Å². The lowest BCUT2D eigenvalue weighted by Crippen LogP contribution is -2.17. The summed E-state index contributed by atoms with van der Waals surface area (Å²) < 4.78 is 10.7. The highest BCUT2D eigenvalue weighted by molar-refractivity contribution is 4.50. The average molecular weight is 190 g/mol. The minimum absolute atomic E-state index is 0.161. The molecule has 80 valence electrons. The lowest BCUT2D eigenvalue weighted by Gasteiger charge is -2.12. The fraction of sp³-hybridized carbons (Fsp3) is 1.00. The average Bonchev–Trinajstić information content (AvgIpc) is 2.08. The summed E-state index contributed by atoms with van der Waals surface area (Å²) in [4.78, 5) is 0. The van der Waals surface area contributed by atoms with Gasteiger partial charge in [0, 0.05) is 13.2 Å². The molecule has 2 unspecified atom stereocenters. The van der Waals surface area contributed by atoms with E-state index in [0.717, 1.165) is 19.4 Å². The van der Waals surface area contributed by atoms with E-state index in [0.29, 0.717) is 13.2 Å². The van der Waals surface area contributed by atoms with Crippen LogP contribution in [0.3, 0.4) is 0 Å². The van der Waals surface area contributed by atoms with E-state index in [-0.39, 0.29) is 12.2 Å². The second kappa shape index (κ2) is 8.48. The molecule has 0 radical (unpaired) electrons. The number of hydrogen-bond donors (Lipinski definition) is 1. The van der Waals surface area contributed by atoms with Crippen molar-refractivity contribution < 1.29 is 14.6 Å². The van der Waals surface area contributed by atoms with Crippen LogP contribution in [0.1, 0.15) is 33.6 Å². The van der Waals surface area contributed by atoms with Crippen molar-refractivity contribution >= 4 is 0 Å². The summed E-state index contributed by atoms with van der Waals surface area (Å²) in [6.45, 7) is 7.87. The molecule has 0 bridgehead atoms. The Morgan fingerprint density at radius 1 is 1.31 bits per heavy atom. The van der Waals surface area contributed by atoms with E-state index >= 15 is 0 Å². The monoisotopic (exact) mass is 190 g/mol. The summed E-state index contributed by atoms with van der Waals surface area (Å²) >= 11 is 0. The Balaban J connectivity index is 3.12. The van der Waals surface area contributed by atoms with Crippen LogP contribution in [0.5, 0.6) is 0 Å². The molecule has 3 heteroatoms. The van der Waals surface area contributed by atoms with Crippen molar-refractivity contribution in [2.45, 2.75) is 45.8 Å². The molecule has 0 fully saturated rings. The molecular formula is C10H22O3. The maximum absolute atomic E-state index is 8.98. The lowest BCUT2D eigenvalue weighted by molar-refractivity contribution is -0.00681. The summed E-state index contributed by atoms with van der Waals surface area (Å²) in [5, 5.41) is 8.98. The third-order valence-electron chi connectivity index (χ3n) is 1.73. The summed E-state index contributed by atoms with van der Waals surface area (Å²) in [5.41, 5.74) is 0. The van der Waals surface area contributed by atoms with Gasteiger partial charge in [-0.15, -0.1) is 0 Å². The molecule has 0 heterocycles. The van der Waals surface area contributed by atoms with E-state index in [1.165, 1.54) is 0 Å². The molecule has 13 heavy (non-hydrogen) atoms. The molecule has 0 aliphatic rings. The van der Waals surface area contributed by atoms with Gasteiger partial charge >= 0.3 is 0 Å². The molecule has 0 aromatic heterocycles. The minimum Gasteiger partial charge on any atom is -0.393 e. The van der Waals surface area contributed by atoms with Gasteiger partial charge in [0.15, 0.2) is 0 Å². The Bertz CT molecular complexity index is 104. The molecule has 1 N–H and O–H groups in total. The fourth-order valence-corrected chi connectivity index (χ4v) is 0.995. The Labute approximate surface area is 81.0 Å². The van der Waals surface area contributed by atoms with Crippen LogP contribution in [-0.2, 0) is 9.47 Å². The van der Waals surface area contributed by atoms with Gasteiger partial charge in [-0.2, -0.15) is 0 Å². The zero-order chi connectivity index (χ0) is 10.1. The molecular weight excluding hydrogens is 168 g/mol. The number of aliphatic hydroxyl groups is 1. The highest BCUT2D eigenvalue weighted by Gasteiger charge is 2.01. The first-order valence-corrected chi connectivity index (χ1v) is 5.04. The third kappa shape index (κ3) is 9.80. The first-order chi connectivity index (χ1) is 6.16. The molecule has 3 nitrogen and oxygen atoms in total. The van der Waals surface area contributed by atoms with Crippen molar-refractivity contribution in [1.82, 2.24) is 0 Å². The predicted molar refractivity (Wildman–Crippen MR) is 52.8 cm³/mol. The Hall–Kier alpha value is -0.120. The lowest BCUT2D eigenvalue weighted by atomic mass is 10.2. The SMILES string of the molecule is CCOCC(C)OCCCC(C)O. The van der Waals surface area contributed by atoms with Crippen LogP contribution in [0, 0.1) is 0 Å². The zero-order valence-electron chi connectivity index (χ0n) is 8.95. The topological polar surface area (TPSA) is 38.7 Å². The molecule has 0 rings (SSSR count). The van der Waals surface area contributed by atoms with Gasteiger partial charge < -0.3 is 14.6 Å². The Morgan fingerprint density at radius 2 is 2.00 bits per heavy atom. The zero-order valence-corrected chi connectivity index (χ0v) is 8.95.